The van der Waals surface area contributed by atoms with Crippen molar-refractivity contribution in [2.24, 2.45) is 16.2 Å². The van der Waals surface area contributed by atoms with Gasteiger partial charge in [0.15, 0.2) is 0 Å². The van der Waals surface area contributed by atoms with Crippen molar-refractivity contribution in [2.75, 3.05) is 0 Å². The summed E-state index contributed by atoms with van der Waals surface area (Å²) in [6, 6.07) is 20.3. The molecule has 0 N–H and O–H groups in total. The average molecular weight is 475 g/mol. The van der Waals surface area contributed by atoms with E-state index in [9.17, 15) is 0 Å². The van der Waals surface area contributed by atoms with Crippen LogP contribution in [0.2, 0.25) is 0 Å². The lowest BCUT2D eigenvalue weighted by Gasteiger charge is -2.53. The van der Waals surface area contributed by atoms with Gasteiger partial charge in [-0.2, -0.15) is 0 Å². The van der Waals surface area contributed by atoms with E-state index in [2.05, 4.69) is 142 Å². The van der Waals surface area contributed by atoms with Gasteiger partial charge in [-0.15, -0.1) is 0 Å². The van der Waals surface area contributed by atoms with Gasteiger partial charge >= 0.3 is 0 Å². The highest BCUT2D eigenvalue weighted by molar-refractivity contribution is 6.13. The molecular weight excluding hydrogens is 432 g/mol. The summed E-state index contributed by atoms with van der Waals surface area (Å²) in [6.07, 6.45) is 7.71. The third kappa shape index (κ3) is 3.56. The maximum absolute atomic E-state index is 2.64. The Kier molecular flexibility index (Phi) is 5.39. The summed E-state index contributed by atoms with van der Waals surface area (Å²) in [5, 5.41) is 2.62. The molecular formula is C36H42. The third-order valence-electron chi connectivity index (χ3n) is 8.76. The Hall–Kier alpha value is -2.86. The summed E-state index contributed by atoms with van der Waals surface area (Å²) in [4.78, 5) is 0. The van der Waals surface area contributed by atoms with E-state index in [-0.39, 0.29) is 21.7 Å². The van der Waals surface area contributed by atoms with Crippen molar-refractivity contribution in [3.8, 4) is 0 Å². The number of hydrogen-bond donors (Lipinski definition) is 0. The van der Waals surface area contributed by atoms with Gasteiger partial charge < -0.3 is 0 Å². The third-order valence-corrected chi connectivity index (χ3v) is 8.76. The molecule has 0 saturated carbocycles. The summed E-state index contributed by atoms with van der Waals surface area (Å²) in [6.45, 7) is 23.8. The largest absolute Gasteiger partial charge is 0.0649 e. The predicted molar refractivity (Wildman–Crippen MR) is 159 cm³/mol. The second-order valence-corrected chi connectivity index (χ2v) is 14.0. The molecule has 0 saturated heterocycles. The molecule has 0 aromatic heterocycles. The zero-order chi connectivity index (χ0) is 26.3. The average Bonchev–Trinajstić information content (AvgIpc) is 3.15. The van der Waals surface area contributed by atoms with E-state index in [4.69, 9.17) is 0 Å². The molecule has 2 aliphatic rings. The zero-order valence-electron chi connectivity index (χ0n) is 23.9. The van der Waals surface area contributed by atoms with Crippen molar-refractivity contribution >= 4 is 28.0 Å². The molecule has 0 amide bonds. The molecule has 0 fully saturated rings. The molecule has 5 rings (SSSR count). The van der Waals surface area contributed by atoms with Crippen LogP contribution in [0.1, 0.15) is 90.1 Å². The molecule has 0 spiro atoms. The zero-order valence-corrected chi connectivity index (χ0v) is 23.9. The van der Waals surface area contributed by atoms with Crippen LogP contribution < -0.4 is 0 Å². The first kappa shape index (κ1) is 24.8. The van der Waals surface area contributed by atoms with Crippen molar-refractivity contribution in [3.05, 3.63) is 100 Å². The molecule has 0 radical (unpaired) electrons. The first-order chi connectivity index (χ1) is 16.7. The molecule has 186 valence electrons. The van der Waals surface area contributed by atoms with Gasteiger partial charge in [-0.3, -0.25) is 0 Å². The summed E-state index contributed by atoms with van der Waals surface area (Å²) in [5.41, 5.74) is 11.2. The minimum atomic E-state index is -0.120. The van der Waals surface area contributed by atoms with Crippen molar-refractivity contribution in [1.82, 2.24) is 0 Å². The first-order valence-electron chi connectivity index (χ1n) is 13.5. The first-order valence-corrected chi connectivity index (χ1v) is 13.5. The lowest BCUT2D eigenvalue weighted by molar-refractivity contribution is 0.0676. The van der Waals surface area contributed by atoms with Crippen molar-refractivity contribution in [3.63, 3.8) is 0 Å². The molecule has 0 aliphatic heterocycles. The molecule has 0 bridgehead atoms. The van der Waals surface area contributed by atoms with E-state index in [0.29, 0.717) is 0 Å². The van der Waals surface area contributed by atoms with Crippen LogP contribution >= 0.6 is 0 Å². The van der Waals surface area contributed by atoms with Crippen molar-refractivity contribution in [2.45, 2.75) is 74.7 Å². The second kappa shape index (κ2) is 7.82. The molecule has 0 nitrogen and oxygen atoms in total. The predicted octanol–water partition coefficient (Wildman–Crippen LogP) is 10.4. The van der Waals surface area contributed by atoms with Crippen LogP contribution in [0, 0.1) is 23.2 Å². The Bertz CT molecular complexity index is 1440. The van der Waals surface area contributed by atoms with E-state index >= 15 is 0 Å². The van der Waals surface area contributed by atoms with Crippen LogP contribution in [0.25, 0.3) is 28.0 Å². The fourth-order valence-electron chi connectivity index (χ4n) is 7.01. The van der Waals surface area contributed by atoms with E-state index in [1.54, 1.807) is 0 Å². The highest BCUT2D eigenvalue weighted by atomic mass is 14.5. The van der Waals surface area contributed by atoms with Crippen LogP contribution in [0.5, 0.6) is 0 Å². The molecule has 2 aliphatic carbocycles. The standard InChI is InChI=1S/C36H42/c1-23-31(33(2,3)4)19-18-25-20-28-29(27-17-13-15-24-14-11-12-16-26(24)27)21-36(34(5,6)7,35(8,9)10)22-30(28)32(23)25/h11-22H,1-10H3. The smallest absolute Gasteiger partial charge is 0.0176 e. The molecule has 3 aromatic carbocycles. The number of hydrogen-bond acceptors (Lipinski definition) is 0. The maximum Gasteiger partial charge on any atom is 0.0176 e. The fraction of sp³-hybridized carbons (Fsp3) is 0.389. The normalized spacial score (nSPS) is 17.3. The second-order valence-electron chi connectivity index (χ2n) is 14.0. The molecule has 0 heteroatoms. The Morgan fingerprint density at radius 1 is 0.611 bits per heavy atom. The maximum atomic E-state index is 2.64. The summed E-state index contributed by atoms with van der Waals surface area (Å²) >= 11 is 0. The van der Waals surface area contributed by atoms with Crippen molar-refractivity contribution < 1.29 is 0 Å². The molecule has 0 heterocycles. The number of benzene rings is 3. The quantitative estimate of drug-likeness (QED) is 0.329. The lowest BCUT2D eigenvalue weighted by atomic mass is 9.51. The van der Waals surface area contributed by atoms with Gasteiger partial charge in [0.1, 0.15) is 0 Å². The van der Waals surface area contributed by atoms with Crippen LogP contribution in [-0.4, -0.2) is 0 Å². The van der Waals surface area contributed by atoms with Gasteiger partial charge in [-0.1, -0.05) is 129 Å². The van der Waals surface area contributed by atoms with Gasteiger partial charge in [0.25, 0.3) is 0 Å². The monoisotopic (exact) mass is 474 g/mol. The lowest BCUT2D eigenvalue weighted by Crippen LogP contribution is -2.44. The minimum Gasteiger partial charge on any atom is -0.0649 e. The summed E-state index contributed by atoms with van der Waals surface area (Å²) < 4.78 is 0. The van der Waals surface area contributed by atoms with Crippen LogP contribution in [0.3, 0.4) is 0 Å². The van der Waals surface area contributed by atoms with E-state index in [1.165, 1.54) is 55.3 Å². The van der Waals surface area contributed by atoms with Gasteiger partial charge in [-0.05, 0) is 84.6 Å². The Balaban J connectivity index is 1.89. The molecule has 36 heavy (non-hydrogen) atoms. The number of rotatable bonds is 1. The van der Waals surface area contributed by atoms with Gasteiger partial charge in [0, 0.05) is 5.41 Å². The number of fused-ring (bicyclic) bond motifs is 4. The Morgan fingerprint density at radius 2 is 1.22 bits per heavy atom. The molecule has 0 atom stereocenters. The summed E-state index contributed by atoms with van der Waals surface area (Å²) in [5.74, 6) is 0. The highest BCUT2D eigenvalue weighted by Gasteiger charge is 2.50. The van der Waals surface area contributed by atoms with Crippen LogP contribution in [0.15, 0.2) is 72.3 Å². The van der Waals surface area contributed by atoms with Gasteiger partial charge in [0.2, 0.25) is 0 Å². The Morgan fingerprint density at radius 3 is 1.86 bits per heavy atom. The Labute approximate surface area is 218 Å². The van der Waals surface area contributed by atoms with Crippen molar-refractivity contribution in [1.29, 1.82) is 0 Å². The van der Waals surface area contributed by atoms with Crippen LogP contribution in [0.4, 0.5) is 0 Å². The summed E-state index contributed by atoms with van der Waals surface area (Å²) in [7, 11) is 0. The van der Waals surface area contributed by atoms with Gasteiger partial charge in [-0.25, -0.2) is 0 Å². The highest BCUT2D eigenvalue weighted by Crippen LogP contribution is 2.62. The topological polar surface area (TPSA) is 0 Å². The minimum absolute atomic E-state index is 0.0396. The number of allylic oxidation sites excluding steroid dienone is 5. The molecule has 0 unspecified atom stereocenters. The molecule has 3 aromatic rings. The van der Waals surface area contributed by atoms with E-state index < -0.39 is 0 Å². The van der Waals surface area contributed by atoms with Gasteiger partial charge in [0.05, 0.1) is 0 Å². The fourth-order valence-corrected chi connectivity index (χ4v) is 7.01. The van der Waals surface area contributed by atoms with E-state index in [1.807, 2.05) is 0 Å². The van der Waals surface area contributed by atoms with Crippen LogP contribution in [-0.2, 0) is 5.41 Å². The van der Waals surface area contributed by atoms with E-state index in [0.717, 1.165) is 0 Å². The SMILES string of the molecule is Cc1c(C(C)(C)C)ccc2c1C1=CC(C(C)(C)C)(C(C)(C)C)C=C(c3cccc4ccccc34)C1=C2.